The minimum absolute atomic E-state index is 0.00373. The quantitative estimate of drug-likeness (QED) is 0.709. The number of fused-ring (bicyclic) bond motifs is 1. The minimum Gasteiger partial charge on any atom is -0.485 e. The number of benzene rings is 2. The highest BCUT2D eigenvalue weighted by molar-refractivity contribution is 6.31. The average Bonchev–Trinajstić information content (AvgIpc) is 2.84. The molecule has 0 bridgehead atoms. The Labute approximate surface area is 133 Å². The number of rotatable bonds is 4. The third kappa shape index (κ3) is 2.72. The zero-order valence-corrected chi connectivity index (χ0v) is 13.2. The Balaban J connectivity index is 1.81. The molecule has 0 aliphatic heterocycles. The predicted octanol–water partition coefficient (Wildman–Crippen LogP) is 4.70. The lowest BCUT2D eigenvalue weighted by atomic mass is 10.1. The first kappa shape index (κ1) is 14.7. The van der Waals surface area contributed by atoms with E-state index >= 15 is 0 Å². The number of Topliss-reactive ketones (excluding diaryl/α,β-unsaturated/α-hetero) is 1. The van der Waals surface area contributed by atoms with Crippen LogP contribution in [0.4, 0.5) is 0 Å². The van der Waals surface area contributed by atoms with Crippen LogP contribution in [0.25, 0.3) is 10.9 Å². The normalized spacial score (nSPS) is 10.9. The molecule has 0 amide bonds. The van der Waals surface area contributed by atoms with Gasteiger partial charge < -0.3 is 9.72 Å². The molecule has 3 nitrogen and oxygen atoms in total. The summed E-state index contributed by atoms with van der Waals surface area (Å²) in [5.41, 5.74) is 3.45. The van der Waals surface area contributed by atoms with Crippen LogP contribution in [0.3, 0.4) is 0 Å². The summed E-state index contributed by atoms with van der Waals surface area (Å²) >= 11 is 5.98. The Hall–Kier alpha value is -2.26. The molecule has 112 valence electrons. The van der Waals surface area contributed by atoms with E-state index in [-0.39, 0.29) is 12.4 Å². The molecule has 1 heterocycles. The van der Waals surface area contributed by atoms with Gasteiger partial charge in [-0.1, -0.05) is 29.8 Å². The zero-order valence-electron chi connectivity index (χ0n) is 12.4. The highest BCUT2D eigenvalue weighted by Gasteiger charge is 2.16. The smallest absolute Gasteiger partial charge is 0.202 e. The van der Waals surface area contributed by atoms with Gasteiger partial charge in [0.25, 0.3) is 0 Å². The first-order valence-electron chi connectivity index (χ1n) is 7.05. The standard InChI is InChI=1S/C18H16ClNO2/c1-11-9-13(7-8-15(11)19)22-10-17(21)18-12(2)20-16-6-4-3-5-14(16)18/h3-9,20H,10H2,1-2H3. The largest absolute Gasteiger partial charge is 0.485 e. The van der Waals surface area contributed by atoms with E-state index in [0.717, 1.165) is 22.2 Å². The van der Waals surface area contributed by atoms with E-state index in [0.29, 0.717) is 16.3 Å². The molecule has 0 radical (unpaired) electrons. The molecule has 0 aliphatic rings. The van der Waals surface area contributed by atoms with Crippen molar-refractivity contribution >= 4 is 28.3 Å². The van der Waals surface area contributed by atoms with E-state index in [1.165, 1.54) is 0 Å². The topological polar surface area (TPSA) is 42.1 Å². The number of hydrogen-bond acceptors (Lipinski definition) is 2. The first-order valence-corrected chi connectivity index (χ1v) is 7.43. The maximum Gasteiger partial charge on any atom is 0.202 e. The number of ether oxygens (including phenoxy) is 1. The van der Waals surface area contributed by atoms with Gasteiger partial charge in [-0.3, -0.25) is 4.79 Å². The number of para-hydroxylation sites is 1. The van der Waals surface area contributed by atoms with E-state index in [1.54, 1.807) is 12.1 Å². The van der Waals surface area contributed by atoms with E-state index in [4.69, 9.17) is 16.3 Å². The average molecular weight is 314 g/mol. The number of ketones is 1. The van der Waals surface area contributed by atoms with Crippen molar-refractivity contribution in [1.82, 2.24) is 4.98 Å². The van der Waals surface area contributed by atoms with Crippen molar-refractivity contribution < 1.29 is 9.53 Å². The van der Waals surface area contributed by atoms with Gasteiger partial charge in [0.1, 0.15) is 5.75 Å². The lowest BCUT2D eigenvalue weighted by Gasteiger charge is -2.07. The maximum absolute atomic E-state index is 12.5. The minimum atomic E-state index is -0.0393. The summed E-state index contributed by atoms with van der Waals surface area (Å²) in [6, 6.07) is 13.1. The van der Waals surface area contributed by atoms with E-state index < -0.39 is 0 Å². The van der Waals surface area contributed by atoms with Crippen molar-refractivity contribution in [2.24, 2.45) is 0 Å². The number of carbonyl (C=O) groups excluding carboxylic acids is 1. The Morgan fingerprint density at radius 3 is 2.73 bits per heavy atom. The fourth-order valence-electron chi connectivity index (χ4n) is 2.56. The lowest BCUT2D eigenvalue weighted by molar-refractivity contribution is 0.0922. The Kier molecular flexibility index (Phi) is 3.90. The van der Waals surface area contributed by atoms with Gasteiger partial charge >= 0.3 is 0 Å². The summed E-state index contributed by atoms with van der Waals surface area (Å²) in [4.78, 5) is 15.7. The maximum atomic E-state index is 12.5. The third-order valence-corrected chi connectivity index (χ3v) is 4.10. The van der Waals surface area contributed by atoms with Gasteiger partial charge in [-0.25, -0.2) is 0 Å². The summed E-state index contributed by atoms with van der Waals surface area (Å²) in [6.45, 7) is 3.81. The number of carbonyl (C=O) groups is 1. The number of hydrogen-bond donors (Lipinski definition) is 1. The van der Waals surface area contributed by atoms with Gasteiger partial charge in [0.05, 0.1) is 0 Å². The van der Waals surface area contributed by atoms with Crippen molar-refractivity contribution in [3.05, 3.63) is 64.3 Å². The van der Waals surface area contributed by atoms with Crippen molar-refractivity contribution in [1.29, 1.82) is 0 Å². The van der Waals surface area contributed by atoms with Gasteiger partial charge in [0.2, 0.25) is 5.78 Å². The van der Waals surface area contributed by atoms with Crippen LogP contribution in [0.2, 0.25) is 5.02 Å². The number of nitrogens with one attached hydrogen (secondary N) is 1. The number of aryl methyl sites for hydroxylation is 2. The van der Waals surface area contributed by atoms with Crippen LogP contribution in [-0.2, 0) is 0 Å². The summed E-state index contributed by atoms with van der Waals surface area (Å²) in [5, 5.41) is 1.62. The predicted molar refractivity (Wildman–Crippen MR) is 89.1 cm³/mol. The van der Waals surface area contributed by atoms with Gasteiger partial charge in [0.15, 0.2) is 6.61 Å². The van der Waals surface area contributed by atoms with Gasteiger partial charge in [-0.15, -0.1) is 0 Å². The number of aromatic nitrogens is 1. The molecule has 0 fully saturated rings. The monoisotopic (exact) mass is 313 g/mol. The second-order valence-corrected chi connectivity index (χ2v) is 5.70. The third-order valence-electron chi connectivity index (χ3n) is 3.67. The zero-order chi connectivity index (χ0) is 15.7. The molecule has 4 heteroatoms. The number of H-pyrrole nitrogens is 1. The van der Waals surface area contributed by atoms with Crippen molar-refractivity contribution in [3.63, 3.8) is 0 Å². The molecule has 1 aromatic heterocycles. The fraction of sp³-hybridized carbons (Fsp3) is 0.167. The summed E-state index contributed by atoms with van der Waals surface area (Å²) in [6.07, 6.45) is 0. The molecule has 0 saturated heterocycles. The molecule has 3 aromatic rings. The molecule has 0 aliphatic carbocycles. The molecule has 0 saturated carbocycles. The van der Waals surface area contributed by atoms with Crippen LogP contribution >= 0.6 is 11.6 Å². The van der Waals surface area contributed by atoms with Crippen molar-refractivity contribution in [2.45, 2.75) is 13.8 Å². The molecule has 22 heavy (non-hydrogen) atoms. The van der Waals surface area contributed by atoms with Crippen LogP contribution in [0.15, 0.2) is 42.5 Å². The lowest BCUT2D eigenvalue weighted by Crippen LogP contribution is -2.12. The molecule has 0 unspecified atom stereocenters. The Morgan fingerprint density at radius 2 is 1.95 bits per heavy atom. The van der Waals surface area contributed by atoms with Crippen LogP contribution < -0.4 is 4.74 Å². The highest BCUT2D eigenvalue weighted by Crippen LogP contribution is 2.24. The van der Waals surface area contributed by atoms with Crippen molar-refractivity contribution in [2.75, 3.05) is 6.61 Å². The molecular formula is C18H16ClNO2. The van der Waals surface area contributed by atoms with E-state index in [1.807, 2.05) is 44.2 Å². The molecule has 1 N–H and O–H groups in total. The summed E-state index contributed by atoms with van der Waals surface area (Å²) in [7, 11) is 0. The Bertz CT molecular complexity index is 851. The Morgan fingerprint density at radius 1 is 1.18 bits per heavy atom. The van der Waals surface area contributed by atoms with Crippen molar-refractivity contribution in [3.8, 4) is 5.75 Å². The highest BCUT2D eigenvalue weighted by atomic mass is 35.5. The van der Waals surface area contributed by atoms with Gasteiger partial charge in [-0.05, 0) is 43.7 Å². The second-order valence-electron chi connectivity index (χ2n) is 5.29. The molecular weight excluding hydrogens is 298 g/mol. The number of aromatic amines is 1. The fourth-order valence-corrected chi connectivity index (χ4v) is 2.68. The van der Waals surface area contributed by atoms with Crippen LogP contribution in [-0.4, -0.2) is 17.4 Å². The van der Waals surface area contributed by atoms with Crippen LogP contribution in [0, 0.1) is 13.8 Å². The molecule has 3 rings (SSSR count). The number of halogens is 1. The second kappa shape index (κ2) is 5.85. The summed E-state index contributed by atoms with van der Waals surface area (Å²) in [5.74, 6) is 0.607. The summed E-state index contributed by atoms with van der Waals surface area (Å²) < 4.78 is 5.61. The SMILES string of the molecule is Cc1cc(OCC(=O)c2c(C)[nH]c3ccccc23)ccc1Cl. The van der Waals surface area contributed by atoms with E-state index in [9.17, 15) is 4.79 Å². The molecule has 2 aromatic carbocycles. The van der Waals surface area contributed by atoms with Gasteiger partial charge in [0, 0.05) is 27.2 Å². The van der Waals surface area contributed by atoms with Crippen LogP contribution in [0.1, 0.15) is 21.6 Å². The first-order chi connectivity index (χ1) is 10.6. The molecule has 0 atom stereocenters. The van der Waals surface area contributed by atoms with Crippen LogP contribution in [0.5, 0.6) is 5.75 Å². The molecule has 0 spiro atoms. The van der Waals surface area contributed by atoms with Gasteiger partial charge in [-0.2, -0.15) is 0 Å². The van der Waals surface area contributed by atoms with E-state index in [2.05, 4.69) is 4.98 Å².